The van der Waals surface area contributed by atoms with E-state index in [2.05, 4.69) is 26.1 Å². The van der Waals surface area contributed by atoms with Gasteiger partial charge in [0, 0.05) is 29.2 Å². The van der Waals surface area contributed by atoms with Gasteiger partial charge in [-0.3, -0.25) is 0 Å². The van der Waals surface area contributed by atoms with Crippen molar-refractivity contribution in [3.63, 3.8) is 0 Å². The summed E-state index contributed by atoms with van der Waals surface area (Å²) >= 11 is 6.30. The number of nitrogens with one attached hydrogen (secondary N) is 1. The second-order valence-corrected chi connectivity index (χ2v) is 5.94. The van der Waals surface area contributed by atoms with Crippen LogP contribution in [0.3, 0.4) is 0 Å². The number of fused-ring (bicyclic) bond motifs is 1. The molecule has 0 aliphatic heterocycles. The van der Waals surface area contributed by atoms with E-state index in [0.717, 1.165) is 28.0 Å². The Labute approximate surface area is 118 Å². The standard InChI is InChI=1S/C15H19ClN2O/c1-15(2,3)12-8-10(17-4)13-9(16)6-7-11(19-5)14(13)18-12/h6-8H,1-5H3,(H,17,18). The molecule has 3 nitrogen and oxygen atoms in total. The minimum Gasteiger partial charge on any atom is -0.494 e. The molecule has 0 saturated heterocycles. The van der Waals surface area contributed by atoms with Crippen LogP contribution in [-0.4, -0.2) is 19.1 Å². The fraction of sp³-hybridized carbons (Fsp3) is 0.400. The van der Waals surface area contributed by atoms with Gasteiger partial charge in [0.2, 0.25) is 0 Å². The van der Waals surface area contributed by atoms with E-state index in [1.54, 1.807) is 7.11 Å². The molecule has 0 unspecified atom stereocenters. The van der Waals surface area contributed by atoms with Crippen LogP contribution in [-0.2, 0) is 5.41 Å². The zero-order valence-corrected chi connectivity index (χ0v) is 12.7. The Hall–Kier alpha value is -1.48. The maximum Gasteiger partial charge on any atom is 0.145 e. The molecule has 1 aromatic heterocycles. The van der Waals surface area contributed by atoms with E-state index in [1.807, 2.05) is 25.2 Å². The summed E-state index contributed by atoms with van der Waals surface area (Å²) in [5, 5.41) is 4.77. The van der Waals surface area contributed by atoms with E-state index in [-0.39, 0.29) is 5.41 Å². The van der Waals surface area contributed by atoms with Gasteiger partial charge in [0.25, 0.3) is 0 Å². The molecular weight excluding hydrogens is 260 g/mol. The molecule has 0 amide bonds. The third-order valence-electron chi connectivity index (χ3n) is 3.13. The maximum atomic E-state index is 6.30. The van der Waals surface area contributed by atoms with E-state index in [1.165, 1.54) is 0 Å². The summed E-state index contributed by atoms with van der Waals surface area (Å²) < 4.78 is 5.40. The van der Waals surface area contributed by atoms with Gasteiger partial charge in [-0.25, -0.2) is 4.98 Å². The number of aromatic nitrogens is 1. The second-order valence-electron chi connectivity index (χ2n) is 5.53. The summed E-state index contributed by atoms with van der Waals surface area (Å²) in [6.45, 7) is 6.41. The molecule has 1 aromatic carbocycles. The lowest BCUT2D eigenvalue weighted by Crippen LogP contribution is -2.14. The molecule has 102 valence electrons. The Bertz CT molecular complexity index is 618. The molecule has 19 heavy (non-hydrogen) atoms. The molecule has 0 atom stereocenters. The lowest BCUT2D eigenvalue weighted by molar-refractivity contribution is 0.418. The number of benzene rings is 1. The zero-order valence-electron chi connectivity index (χ0n) is 12.0. The van der Waals surface area contributed by atoms with Crippen molar-refractivity contribution in [1.82, 2.24) is 4.98 Å². The van der Waals surface area contributed by atoms with Crippen LogP contribution in [0.15, 0.2) is 18.2 Å². The Morgan fingerprint density at radius 2 is 1.95 bits per heavy atom. The molecule has 2 rings (SSSR count). The van der Waals surface area contributed by atoms with Crippen molar-refractivity contribution in [2.75, 3.05) is 19.5 Å². The number of halogens is 1. The highest BCUT2D eigenvalue weighted by Gasteiger charge is 2.20. The van der Waals surface area contributed by atoms with Crippen molar-refractivity contribution in [3.05, 3.63) is 28.9 Å². The van der Waals surface area contributed by atoms with Crippen molar-refractivity contribution in [3.8, 4) is 5.75 Å². The van der Waals surface area contributed by atoms with Crippen LogP contribution < -0.4 is 10.1 Å². The summed E-state index contributed by atoms with van der Waals surface area (Å²) in [6.07, 6.45) is 0. The fourth-order valence-corrected chi connectivity index (χ4v) is 2.28. The van der Waals surface area contributed by atoms with E-state index < -0.39 is 0 Å². The number of methoxy groups -OCH3 is 1. The fourth-order valence-electron chi connectivity index (χ4n) is 2.02. The Morgan fingerprint density at radius 1 is 1.26 bits per heavy atom. The first kappa shape index (κ1) is 13.9. The van der Waals surface area contributed by atoms with Crippen LogP contribution in [0.4, 0.5) is 5.69 Å². The van der Waals surface area contributed by atoms with Crippen LogP contribution in [0.25, 0.3) is 10.9 Å². The first-order chi connectivity index (χ1) is 8.88. The van der Waals surface area contributed by atoms with Gasteiger partial charge in [0.15, 0.2) is 0 Å². The predicted octanol–water partition coefficient (Wildman–Crippen LogP) is 4.24. The summed E-state index contributed by atoms with van der Waals surface area (Å²) in [7, 11) is 3.53. The number of anilines is 1. The van der Waals surface area contributed by atoms with Gasteiger partial charge >= 0.3 is 0 Å². The summed E-state index contributed by atoms with van der Waals surface area (Å²) in [5.41, 5.74) is 2.74. The highest BCUT2D eigenvalue weighted by atomic mass is 35.5. The van der Waals surface area contributed by atoms with E-state index in [0.29, 0.717) is 5.02 Å². The van der Waals surface area contributed by atoms with Crippen LogP contribution in [0, 0.1) is 0 Å². The van der Waals surface area contributed by atoms with Gasteiger partial charge in [-0.05, 0) is 18.2 Å². The normalized spacial score (nSPS) is 11.7. The third-order valence-corrected chi connectivity index (χ3v) is 3.45. The van der Waals surface area contributed by atoms with E-state index >= 15 is 0 Å². The van der Waals surface area contributed by atoms with Gasteiger partial charge in [0.1, 0.15) is 11.3 Å². The lowest BCUT2D eigenvalue weighted by atomic mass is 9.90. The number of pyridine rings is 1. The monoisotopic (exact) mass is 278 g/mol. The summed E-state index contributed by atoms with van der Waals surface area (Å²) in [6, 6.07) is 5.74. The smallest absolute Gasteiger partial charge is 0.145 e. The van der Waals surface area contributed by atoms with Crippen LogP contribution in [0.2, 0.25) is 5.02 Å². The topological polar surface area (TPSA) is 34.2 Å². The van der Waals surface area contributed by atoms with Gasteiger partial charge in [-0.2, -0.15) is 0 Å². The minimum absolute atomic E-state index is 0.0346. The number of nitrogens with zero attached hydrogens (tertiary/aromatic N) is 1. The Kier molecular flexibility index (Phi) is 3.59. The number of hydrogen-bond acceptors (Lipinski definition) is 3. The average Bonchev–Trinajstić information content (AvgIpc) is 2.37. The highest BCUT2D eigenvalue weighted by Crippen LogP contribution is 2.37. The van der Waals surface area contributed by atoms with Crippen molar-refractivity contribution in [2.24, 2.45) is 0 Å². The molecule has 0 aliphatic rings. The SMILES string of the molecule is CNc1cc(C(C)(C)C)nc2c(OC)ccc(Cl)c12. The van der Waals surface area contributed by atoms with Crippen LogP contribution >= 0.6 is 11.6 Å². The highest BCUT2D eigenvalue weighted by molar-refractivity contribution is 6.36. The largest absolute Gasteiger partial charge is 0.494 e. The molecule has 0 fully saturated rings. The first-order valence-corrected chi connectivity index (χ1v) is 6.61. The number of hydrogen-bond donors (Lipinski definition) is 1. The van der Waals surface area contributed by atoms with E-state index in [4.69, 9.17) is 21.3 Å². The van der Waals surface area contributed by atoms with E-state index in [9.17, 15) is 0 Å². The minimum atomic E-state index is -0.0346. The molecule has 0 bridgehead atoms. The van der Waals surface area contributed by atoms with Crippen molar-refractivity contribution in [2.45, 2.75) is 26.2 Å². The Balaban J connectivity index is 2.88. The Morgan fingerprint density at radius 3 is 2.47 bits per heavy atom. The summed E-state index contributed by atoms with van der Waals surface area (Å²) in [5.74, 6) is 0.738. The lowest BCUT2D eigenvalue weighted by Gasteiger charge is -2.21. The van der Waals surface area contributed by atoms with Gasteiger partial charge < -0.3 is 10.1 Å². The molecule has 2 aromatic rings. The zero-order chi connectivity index (χ0) is 14.2. The number of ether oxygens (including phenoxy) is 1. The molecule has 0 saturated carbocycles. The molecule has 4 heteroatoms. The predicted molar refractivity (Wildman–Crippen MR) is 81.6 cm³/mol. The molecular formula is C15H19ClN2O. The average molecular weight is 279 g/mol. The van der Waals surface area contributed by atoms with Crippen molar-refractivity contribution in [1.29, 1.82) is 0 Å². The van der Waals surface area contributed by atoms with Gasteiger partial charge in [-0.1, -0.05) is 32.4 Å². The molecule has 0 spiro atoms. The van der Waals surface area contributed by atoms with Gasteiger partial charge in [0.05, 0.1) is 12.1 Å². The summed E-state index contributed by atoms with van der Waals surface area (Å²) in [4.78, 5) is 4.74. The molecule has 0 radical (unpaired) electrons. The third kappa shape index (κ3) is 2.47. The maximum absolute atomic E-state index is 6.30. The first-order valence-electron chi connectivity index (χ1n) is 6.24. The molecule has 0 aliphatic carbocycles. The van der Waals surface area contributed by atoms with Crippen LogP contribution in [0.5, 0.6) is 5.75 Å². The number of rotatable bonds is 2. The second kappa shape index (κ2) is 4.89. The quantitative estimate of drug-likeness (QED) is 0.892. The van der Waals surface area contributed by atoms with Crippen LogP contribution in [0.1, 0.15) is 26.5 Å². The van der Waals surface area contributed by atoms with Crippen molar-refractivity contribution < 1.29 is 4.74 Å². The molecule has 1 N–H and O–H groups in total. The van der Waals surface area contributed by atoms with Gasteiger partial charge in [-0.15, -0.1) is 0 Å². The van der Waals surface area contributed by atoms with Crippen molar-refractivity contribution >= 4 is 28.2 Å². The molecule has 1 heterocycles.